The Morgan fingerprint density at radius 1 is 1.19 bits per heavy atom. The summed E-state index contributed by atoms with van der Waals surface area (Å²) in [4.78, 5) is 12.8. The third-order valence-electron chi connectivity index (χ3n) is 3.93. The number of nitrogens with zero attached hydrogens (tertiary/aromatic N) is 2. The lowest BCUT2D eigenvalue weighted by Crippen LogP contribution is -2.11. The maximum absolute atomic E-state index is 12.8. The first-order chi connectivity index (χ1) is 12.5. The van der Waals surface area contributed by atoms with Crippen LogP contribution < -0.4 is 11.1 Å². The molecule has 0 radical (unpaired) electrons. The summed E-state index contributed by atoms with van der Waals surface area (Å²) in [5.74, 6) is 0.194. The third kappa shape index (κ3) is 3.56. The molecule has 0 fully saturated rings. The lowest BCUT2D eigenvalue weighted by atomic mass is 10.1. The molecule has 0 spiro atoms. The summed E-state index contributed by atoms with van der Waals surface area (Å²) in [6, 6.07) is 14.2. The minimum atomic E-state index is -0.262. The van der Waals surface area contributed by atoms with Gasteiger partial charge in [0.25, 0.3) is 0 Å². The Bertz CT molecular complexity index is 918. The number of nitrogen functional groups attached to an aromatic ring is 1. The number of ketones is 1. The maximum atomic E-state index is 12.8. The number of anilines is 2. The summed E-state index contributed by atoms with van der Waals surface area (Å²) < 4.78 is 1.54. The number of aliphatic hydroxyl groups is 1. The van der Waals surface area contributed by atoms with Crippen molar-refractivity contribution in [3.8, 4) is 5.69 Å². The van der Waals surface area contributed by atoms with Gasteiger partial charge in [-0.25, -0.2) is 4.68 Å². The zero-order chi connectivity index (χ0) is 18.7. The van der Waals surface area contributed by atoms with Crippen molar-refractivity contribution in [1.29, 1.82) is 0 Å². The van der Waals surface area contributed by atoms with Crippen molar-refractivity contribution >= 4 is 28.9 Å². The van der Waals surface area contributed by atoms with E-state index in [1.165, 1.54) is 0 Å². The van der Waals surface area contributed by atoms with Crippen molar-refractivity contribution in [2.45, 2.75) is 6.92 Å². The number of aryl methyl sites for hydroxylation is 1. The van der Waals surface area contributed by atoms with Crippen molar-refractivity contribution < 1.29 is 9.90 Å². The Balaban J connectivity index is 2.07. The van der Waals surface area contributed by atoms with Crippen LogP contribution in [0.25, 0.3) is 5.69 Å². The lowest BCUT2D eigenvalue weighted by molar-refractivity contribution is 0.103. The summed E-state index contributed by atoms with van der Waals surface area (Å²) in [7, 11) is 0. The molecule has 2 aromatic carbocycles. The molecule has 4 N–H and O–H groups in total. The molecule has 7 heteroatoms. The van der Waals surface area contributed by atoms with Gasteiger partial charge in [0, 0.05) is 17.1 Å². The first-order valence-corrected chi connectivity index (χ1v) is 8.49. The summed E-state index contributed by atoms with van der Waals surface area (Å²) in [6.45, 7) is 2.16. The first-order valence-electron chi connectivity index (χ1n) is 8.12. The van der Waals surface area contributed by atoms with Gasteiger partial charge in [-0.1, -0.05) is 41.4 Å². The van der Waals surface area contributed by atoms with Crippen LogP contribution in [0.5, 0.6) is 0 Å². The molecule has 0 aliphatic rings. The van der Waals surface area contributed by atoms with Crippen molar-refractivity contribution in [3.63, 3.8) is 0 Å². The molecule has 0 atom stereocenters. The van der Waals surface area contributed by atoms with Crippen LogP contribution in [-0.2, 0) is 0 Å². The van der Waals surface area contributed by atoms with E-state index < -0.39 is 0 Å². The number of hydrogen-bond acceptors (Lipinski definition) is 5. The van der Waals surface area contributed by atoms with Gasteiger partial charge in [-0.05, 0) is 31.2 Å². The molecule has 1 aromatic heterocycles. The summed E-state index contributed by atoms with van der Waals surface area (Å²) >= 11 is 5.95. The van der Waals surface area contributed by atoms with Crippen molar-refractivity contribution in [1.82, 2.24) is 9.78 Å². The minimum Gasteiger partial charge on any atom is -0.395 e. The number of nitrogens with one attached hydrogen (secondary N) is 1. The highest BCUT2D eigenvalue weighted by Gasteiger charge is 2.22. The Kier molecular flexibility index (Phi) is 5.25. The van der Waals surface area contributed by atoms with E-state index in [1.54, 1.807) is 41.1 Å². The van der Waals surface area contributed by atoms with E-state index >= 15 is 0 Å². The average Bonchev–Trinajstić information content (AvgIpc) is 2.97. The lowest BCUT2D eigenvalue weighted by Gasteiger charge is -2.09. The monoisotopic (exact) mass is 370 g/mol. The van der Waals surface area contributed by atoms with Crippen LogP contribution in [0.2, 0.25) is 5.02 Å². The Labute approximate surface area is 156 Å². The molecule has 3 rings (SSSR count). The van der Waals surface area contributed by atoms with Gasteiger partial charge in [-0.2, -0.15) is 5.10 Å². The highest BCUT2D eigenvalue weighted by molar-refractivity contribution is 6.30. The van der Waals surface area contributed by atoms with Crippen LogP contribution in [0, 0.1) is 6.92 Å². The van der Waals surface area contributed by atoms with E-state index in [4.69, 9.17) is 22.4 Å². The van der Waals surface area contributed by atoms with Crippen LogP contribution in [0.4, 0.5) is 11.5 Å². The molecule has 0 bridgehead atoms. The minimum absolute atomic E-state index is 0.0769. The Morgan fingerprint density at radius 2 is 1.85 bits per heavy atom. The van der Waals surface area contributed by atoms with E-state index in [1.807, 2.05) is 19.1 Å². The fourth-order valence-electron chi connectivity index (χ4n) is 2.55. The summed E-state index contributed by atoms with van der Waals surface area (Å²) in [6.07, 6.45) is 0. The molecule has 1 heterocycles. The third-order valence-corrected chi connectivity index (χ3v) is 4.18. The van der Waals surface area contributed by atoms with Crippen molar-refractivity contribution in [3.05, 3.63) is 70.4 Å². The summed E-state index contributed by atoms with van der Waals surface area (Å²) in [5, 5.41) is 17.1. The second kappa shape index (κ2) is 7.59. The molecule has 0 unspecified atom stereocenters. The fraction of sp³-hybridized carbons (Fsp3) is 0.158. The number of nitrogens with two attached hydrogens (primary N) is 1. The van der Waals surface area contributed by atoms with Gasteiger partial charge in [-0.3, -0.25) is 4.79 Å². The molecule has 0 saturated heterocycles. The molecule has 6 nitrogen and oxygen atoms in total. The van der Waals surface area contributed by atoms with Crippen LogP contribution >= 0.6 is 11.6 Å². The number of carbonyl (C=O) groups is 1. The van der Waals surface area contributed by atoms with Crippen LogP contribution in [0.15, 0.2) is 48.5 Å². The number of rotatable bonds is 6. The van der Waals surface area contributed by atoms with E-state index in [9.17, 15) is 4.79 Å². The maximum Gasteiger partial charge on any atom is 0.215 e. The van der Waals surface area contributed by atoms with E-state index in [2.05, 4.69) is 10.4 Å². The number of benzene rings is 2. The van der Waals surface area contributed by atoms with Gasteiger partial charge in [-0.15, -0.1) is 0 Å². The van der Waals surface area contributed by atoms with E-state index in [0.29, 0.717) is 22.1 Å². The van der Waals surface area contributed by atoms with Crippen molar-refractivity contribution in [2.24, 2.45) is 0 Å². The smallest absolute Gasteiger partial charge is 0.215 e. The Morgan fingerprint density at radius 3 is 2.46 bits per heavy atom. The van der Waals surface area contributed by atoms with Gasteiger partial charge < -0.3 is 16.2 Å². The number of aliphatic hydroxyl groups excluding tert-OH is 1. The second-order valence-electron chi connectivity index (χ2n) is 5.84. The normalized spacial score (nSPS) is 10.7. The topological polar surface area (TPSA) is 93.2 Å². The molecular weight excluding hydrogens is 352 g/mol. The van der Waals surface area contributed by atoms with Gasteiger partial charge in [0.1, 0.15) is 5.69 Å². The molecule has 134 valence electrons. The summed E-state index contributed by atoms with van der Waals surface area (Å²) in [5.41, 5.74) is 8.87. The SMILES string of the molecule is Cc1ccc(C(=O)c2nn(-c3ccc(Cl)cc3)c(NCCO)c2N)cc1. The number of aromatic nitrogens is 2. The van der Waals surface area contributed by atoms with E-state index in [0.717, 1.165) is 5.56 Å². The number of halogens is 1. The fourth-order valence-corrected chi connectivity index (χ4v) is 2.68. The second-order valence-corrected chi connectivity index (χ2v) is 6.28. The van der Waals surface area contributed by atoms with Gasteiger partial charge >= 0.3 is 0 Å². The molecule has 0 saturated carbocycles. The zero-order valence-corrected chi connectivity index (χ0v) is 15.0. The zero-order valence-electron chi connectivity index (χ0n) is 14.2. The molecular formula is C19H19ClN4O2. The van der Waals surface area contributed by atoms with Crippen molar-refractivity contribution in [2.75, 3.05) is 24.2 Å². The molecule has 26 heavy (non-hydrogen) atoms. The van der Waals surface area contributed by atoms with Crippen LogP contribution in [-0.4, -0.2) is 33.8 Å². The standard InChI is InChI=1S/C19H19ClN4O2/c1-12-2-4-13(5-3-12)18(26)17-16(21)19(22-10-11-25)24(23-17)15-8-6-14(20)7-9-15/h2-9,22,25H,10-11,21H2,1H3. The molecule has 0 aliphatic carbocycles. The first kappa shape index (κ1) is 18.0. The van der Waals surface area contributed by atoms with Gasteiger partial charge in [0.2, 0.25) is 5.78 Å². The highest BCUT2D eigenvalue weighted by atomic mass is 35.5. The van der Waals surface area contributed by atoms with Crippen LogP contribution in [0.1, 0.15) is 21.6 Å². The molecule has 3 aromatic rings. The quantitative estimate of drug-likeness (QED) is 0.580. The number of hydrogen-bond donors (Lipinski definition) is 3. The van der Waals surface area contributed by atoms with Gasteiger partial charge in [0.05, 0.1) is 12.3 Å². The van der Waals surface area contributed by atoms with E-state index in [-0.39, 0.29) is 30.3 Å². The average molecular weight is 371 g/mol. The predicted molar refractivity (Wildman–Crippen MR) is 103 cm³/mol. The largest absolute Gasteiger partial charge is 0.395 e. The van der Waals surface area contributed by atoms with Crippen LogP contribution in [0.3, 0.4) is 0 Å². The van der Waals surface area contributed by atoms with Gasteiger partial charge in [0.15, 0.2) is 11.5 Å². The Hall–Kier alpha value is -2.83. The predicted octanol–water partition coefficient (Wildman–Crippen LogP) is 3.05. The molecule has 0 aliphatic heterocycles. The number of carbonyl (C=O) groups excluding carboxylic acids is 1. The highest BCUT2D eigenvalue weighted by Crippen LogP contribution is 2.28. The molecule has 0 amide bonds.